The molecule has 2 aromatic carbocycles. The van der Waals surface area contributed by atoms with Crippen LogP contribution in [0.5, 0.6) is 5.75 Å². The number of nitrogens with zero attached hydrogens (tertiary/aromatic N) is 3. The Labute approximate surface area is 184 Å². The summed E-state index contributed by atoms with van der Waals surface area (Å²) >= 11 is 0. The molecule has 0 bridgehead atoms. The first-order valence-corrected chi connectivity index (χ1v) is 10.9. The van der Waals surface area contributed by atoms with Gasteiger partial charge < -0.3 is 14.9 Å². The number of phenolic OH excluding ortho intramolecular Hbond substituents is 1. The van der Waals surface area contributed by atoms with Crippen molar-refractivity contribution >= 4 is 5.69 Å². The molecular weight excluding hydrogens is 370 g/mol. The van der Waals surface area contributed by atoms with E-state index in [1.807, 2.05) is 0 Å². The standard InChI is InChI=1S/C26H41N3O/c1-19-10-11-24(28(8)9)21(14-19)17-29(13-12-27(6)7)18-22-15-20(2)16-23(25(22)30)26(3,4)5/h10-11,14-16,30H,12-13,17-18H2,1-9H3. The van der Waals surface area contributed by atoms with E-state index in [4.69, 9.17) is 0 Å². The maximum atomic E-state index is 11.1. The summed E-state index contributed by atoms with van der Waals surface area (Å²) < 4.78 is 0. The van der Waals surface area contributed by atoms with Gasteiger partial charge in [0.25, 0.3) is 0 Å². The molecule has 0 saturated heterocycles. The fourth-order valence-electron chi connectivity index (χ4n) is 3.86. The van der Waals surface area contributed by atoms with Crippen LogP contribution in [0.3, 0.4) is 0 Å². The Morgan fingerprint density at radius 1 is 0.800 bits per heavy atom. The van der Waals surface area contributed by atoms with Gasteiger partial charge >= 0.3 is 0 Å². The van der Waals surface area contributed by atoms with Crippen molar-refractivity contribution in [2.45, 2.75) is 53.1 Å². The molecule has 0 unspecified atom stereocenters. The van der Waals surface area contributed by atoms with E-state index in [2.05, 4.69) is 108 Å². The SMILES string of the molecule is Cc1ccc(N(C)C)c(CN(CCN(C)C)Cc2cc(C)cc(C(C)(C)C)c2O)c1. The molecule has 0 amide bonds. The van der Waals surface area contributed by atoms with E-state index in [0.717, 1.165) is 37.3 Å². The van der Waals surface area contributed by atoms with Gasteiger partial charge in [-0.1, -0.05) is 56.2 Å². The van der Waals surface area contributed by atoms with Crippen molar-refractivity contribution in [2.75, 3.05) is 46.2 Å². The molecule has 4 nitrogen and oxygen atoms in total. The molecule has 0 aliphatic carbocycles. The molecule has 0 radical (unpaired) electrons. The zero-order chi connectivity index (χ0) is 22.6. The molecule has 0 atom stereocenters. The van der Waals surface area contributed by atoms with Crippen molar-refractivity contribution in [1.82, 2.24) is 9.80 Å². The lowest BCUT2D eigenvalue weighted by Gasteiger charge is -2.29. The molecule has 0 heterocycles. The van der Waals surface area contributed by atoms with Crippen molar-refractivity contribution in [3.8, 4) is 5.75 Å². The van der Waals surface area contributed by atoms with Gasteiger partial charge in [0.15, 0.2) is 0 Å². The average molecular weight is 412 g/mol. The molecule has 0 aromatic heterocycles. The van der Waals surface area contributed by atoms with Gasteiger partial charge in [0, 0.05) is 51.5 Å². The first-order valence-electron chi connectivity index (χ1n) is 10.9. The van der Waals surface area contributed by atoms with Gasteiger partial charge in [-0.25, -0.2) is 0 Å². The molecule has 0 spiro atoms. The molecular formula is C26H41N3O. The lowest BCUT2D eigenvalue weighted by Crippen LogP contribution is -2.32. The molecule has 166 valence electrons. The molecule has 1 N–H and O–H groups in total. The lowest BCUT2D eigenvalue weighted by atomic mass is 9.84. The van der Waals surface area contributed by atoms with Gasteiger partial charge in [0.1, 0.15) is 5.75 Å². The summed E-state index contributed by atoms with van der Waals surface area (Å²) in [4.78, 5) is 6.84. The number of benzene rings is 2. The monoisotopic (exact) mass is 411 g/mol. The minimum absolute atomic E-state index is 0.0893. The maximum absolute atomic E-state index is 11.1. The number of rotatable bonds is 8. The van der Waals surface area contributed by atoms with E-state index >= 15 is 0 Å². The van der Waals surface area contributed by atoms with Gasteiger partial charge in [-0.3, -0.25) is 4.90 Å². The van der Waals surface area contributed by atoms with Crippen molar-refractivity contribution in [2.24, 2.45) is 0 Å². The quantitative estimate of drug-likeness (QED) is 0.667. The Bertz CT molecular complexity index is 850. The summed E-state index contributed by atoms with van der Waals surface area (Å²) in [6, 6.07) is 10.9. The zero-order valence-corrected chi connectivity index (χ0v) is 20.5. The highest BCUT2D eigenvalue weighted by Crippen LogP contribution is 2.35. The number of likely N-dealkylation sites (N-methyl/N-ethyl adjacent to an activating group) is 1. The predicted octanol–water partition coefficient (Wildman–Crippen LogP) is 4.94. The highest BCUT2D eigenvalue weighted by Gasteiger charge is 2.22. The largest absolute Gasteiger partial charge is 0.507 e. The van der Waals surface area contributed by atoms with E-state index in [1.54, 1.807) is 0 Å². The second-order valence-electron chi connectivity index (χ2n) is 10.1. The van der Waals surface area contributed by atoms with Crippen LogP contribution in [0.1, 0.15) is 48.6 Å². The Kier molecular flexibility index (Phi) is 7.95. The van der Waals surface area contributed by atoms with Gasteiger partial charge in [0.05, 0.1) is 0 Å². The van der Waals surface area contributed by atoms with E-state index < -0.39 is 0 Å². The van der Waals surface area contributed by atoms with Crippen LogP contribution in [-0.2, 0) is 18.5 Å². The first-order chi connectivity index (χ1) is 13.9. The Balaban J connectivity index is 2.40. The van der Waals surface area contributed by atoms with Crippen LogP contribution >= 0.6 is 0 Å². The Morgan fingerprint density at radius 3 is 1.97 bits per heavy atom. The number of hydrogen-bond donors (Lipinski definition) is 1. The van der Waals surface area contributed by atoms with E-state index in [0.29, 0.717) is 5.75 Å². The second kappa shape index (κ2) is 9.84. The Hall–Kier alpha value is -2.04. The van der Waals surface area contributed by atoms with Crippen LogP contribution < -0.4 is 4.90 Å². The summed E-state index contributed by atoms with van der Waals surface area (Å²) in [6.07, 6.45) is 0. The van der Waals surface area contributed by atoms with Crippen molar-refractivity contribution in [3.05, 3.63) is 58.1 Å². The van der Waals surface area contributed by atoms with Crippen LogP contribution in [0, 0.1) is 13.8 Å². The number of phenols is 1. The molecule has 0 aliphatic rings. The lowest BCUT2D eigenvalue weighted by molar-refractivity contribution is 0.223. The van der Waals surface area contributed by atoms with E-state index in [-0.39, 0.29) is 5.41 Å². The highest BCUT2D eigenvalue weighted by atomic mass is 16.3. The van der Waals surface area contributed by atoms with E-state index in [9.17, 15) is 5.11 Å². The van der Waals surface area contributed by atoms with Gasteiger partial charge in [0.2, 0.25) is 0 Å². The van der Waals surface area contributed by atoms with Crippen LogP contribution in [0.25, 0.3) is 0 Å². The maximum Gasteiger partial charge on any atom is 0.123 e. The fraction of sp³-hybridized carbons (Fsp3) is 0.538. The van der Waals surface area contributed by atoms with Gasteiger partial charge in [-0.2, -0.15) is 0 Å². The second-order valence-corrected chi connectivity index (χ2v) is 10.1. The summed E-state index contributed by atoms with van der Waals surface area (Å²) in [5, 5.41) is 11.1. The Morgan fingerprint density at radius 2 is 1.40 bits per heavy atom. The number of hydrogen-bond acceptors (Lipinski definition) is 4. The van der Waals surface area contributed by atoms with Gasteiger partial charge in [-0.15, -0.1) is 0 Å². The van der Waals surface area contributed by atoms with Crippen molar-refractivity contribution < 1.29 is 5.11 Å². The molecule has 30 heavy (non-hydrogen) atoms. The van der Waals surface area contributed by atoms with Crippen LogP contribution in [0.4, 0.5) is 5.69 Å². The molecule has 0 saturated carbocycles. The molecule has 2 rings (SSSR count). The number of anilines is 1. The third kappa shape index (κ3) is 6.48. The fourth-order valence-corrected chi connectivity index (χ4v) is 3.86. The third-order valence-electron chi connectivity index (χ3n) is 5.51. The number of aryl methyl sites for hydroxylation is 2. The highest BCUT2D eigenvalue weighted by molar-refractivity contribution is 5.54. The minimum Gasteiger partial charge on any atom is -0.507 e. The molecule has 2 aromatic rings. The topological polar surface area (TPSA) is 30.0 Å². The van der Waals surface area contributed by atoms with Crippen molar-refractivity contribution in [3.63, 3.8) is 0 Å². The van der Waals surface area contributed by atoms with Crippen LogP contribution in [0.15, 0.2) is 30.3 Å². The molecule has 0 fully saturated rings. The predicted molar refractivity (Wildman–Crippen MR) is 130 cm³/mol. The molecule has 0 aliphatic heterocycles. The van der Waals surface area contributed by atoms with Crippen molar-refractivity contribution in [1.29, 1.82) is 0 Å². The van der Waals surface area contributed by atoms with Crippen LogP contribution in [0.2, 0.25) is 0 Å². The normalized spacial score (nSPS) is 12.1. The van der Waals surface area contributed by atoms with Crippen LogP contribution in [-0.4, -0.2) is 56.2 Å². The minimum atomic E-state index is -0.0893. The molecule has 4 heteroatoms. The van der Waals surface area contributed by atoms with E-state index in [1.165, 1.54) is 22.4 Å². The number of aromatic hydroxyl groups is 1. The zero-order valence-electron chi connectivity index (χ0n) is 20.5. The average Bonchev–Trinajstić information content (AvgIpc) is 2.61. The van der Waals surface area contributed by atoms with Gasteiger partial charge in [-0.05, 0) is 50.6 Å². The summed E-state index contributed by atoms with van der Waals surface area (Å²) in [5.74, 6) is 0.444. The smallest absolute Gasteiger partial charge is 0.123 e. The summed E-state index contributed by atoms with van der Waals surface area (Å²) in [6.45, 7) is 14.2. The summed E-state index contributed by atoms with van der Waals surface area (Å²) in [7, 11) is 8.41. The summed E-state index contributed by atoms with van der Waals surface area (Å²) in [5.41, 5.74) is 6.99. The first kappa shape index (κ1) is 24.2. The third-order valence-corrected chi connectivity index (χ3v) is 5.51.